The summed E-state index contributed by atoms with van der Waals surface area (Å²) in [5, 5.41) is 4.91. The van der Waals surface area contributed by atoms with E-state index in [0.717, 1.165) is 13.1 Å². The maximum Gasteiger partial charge on any atom is 0.0457 e. The van der Waals surface area contributed by atoms with Crippen molar-refractivity contribution in [1.29, 1.82) is 0 Å². The van der Waals surface area contributed by atoms with Crippen molar-refractivity contribution in [1.82, 2.24) is 10.3 Å². The summed E-state index contributed by atoms with van der Waals surface area (Å²) in [5.74, 6) is 0. The minimum Gasteiger partial charge on any atom is -0.361 e. The quantitative estimate of drug-likeness (QED) is 0.585. The molecule has 0 atom stereocenters. The van der Waals surface area contributed by atoms with Crippen molar-refractivity contribution in [3.8, 4) is 0 Å². The number of aromatic amines is 1. The maximum absolute atomic E-state index is 3.56. The van der Waals surface area contributed by atoms with E-state index in [-0.39, 0.29) is 0 Å². The summed E-state index contributed by atoms with van der Waals surface area (Å²) in [6, 6.07) is 8.51. The molecular weight excluding hydrogens is 244 g/mol. The molecule has 0 aliphatic heterocycles. The van der Waals surface area contributed by atoms with Crippen LogP contribution in [0, 0.1) is 0 Å². The van der Waals surface area contributed by atoms with Crippen molar-refractivity contribution >= 4 is 10.9 Å². The lowest BCUT2D eigenvalue weighted by Gasteiger charge is -2.04. The number of unbranched alkanes of at least 4 members (excludes halogenated alkanes) is 6. The van der Waals surface area contributed by atoms with Gasteiger partial charge in [0.1, 0.15) is 0 Å². The molecule has 20 heavy (non-hydrogen) atoms. The summed E-state index contributed by atoms with van der Waals surface area (Å²) in [5.41, 5.74) is 2.61. The highest BCUT2D eigenvalue weighted by Gasteiger charge is 2.01. The Kier molecular flexibility index (Phi) is 6.65. The van der Waals surface area contributed by atoms with Gasteiger partial charge in [0.15, 0.2) is 0 Å². The van der Waals surface area contributed by atoms with Crippen LogP contribution in [0.3, 0.4) is 0 Å². The van der Waals surface area contributed by atoms with Crippen LogP contribution in [0.25, 0.3) is 10.9 Å². The highest BCUT2D eigenvalue weighted by molar-refractivity contribution is 5.82. The van der Waals surface area contributed by atoms with Crippen LogP contribution in [-0.4, -0.2) is 11.5 Å². The number of aromatic nitrogens is 1. The van der Waals surface area contributed by atoms with Crippen molar-refractivity contribution in [3.05, 3.63) is 36.0 Å². The Morgan fingerprint density at radius 3 is 2.55 bits per heavy atom. The first kappa shape index (κ1) is 15.1. The zero-order chi connectivity index (χ0) is 14.0. The van der Waals surface area contributed by atoms with Crippen LogP contribution in [0.15, 0.2) is 30.5 Å². The molecule has 1 aromatic heterocycles. The lowest BCUT2D eigenvalue weighted by Crippen LogP contribution is -2.14. The number of nitrogens with one attached hydrogen (secondary N) is 2. The van der Waals surface area contributed by atoms with Crippen LogP contribution in [0.1, 0.15) is 57.4 Å². The molecule has 0 spiro atoms. The topological polar surface area (TPSA) is 27.8 Å². The minimum absolute atomic E-state index is 0.972. The molecule has 2 aromatic rings. The summed E-state index contributed by atoms with van der Waals surface area (Å²) >= 11 is 0. The molecule has 1 heterocycles. The summed E-state index contributed by atoms with van der Waals surface area (Å²) in [6.07, 6.45) is 11.8. The monoisotopic (exact) mass is 272 g/mol. The largest absolute Gasteiger partial charge is 0.361 e. The third-order valence-corrected chi connectivity index (χ3v) is 3.95. The van der Waals surface area contributed by atoms with Crippen molar-refractivity contribution in [2.75, 3.05) is 6.54 Å². The highest BCUT2D eigenvalue weighted by atomic mass is 14.9. The van der Waals surface area contributed by atoms with E-state index in [2.05, 4.69) is 47.7 Å². The van der Waals surface area contributed by atoms with Gasteiger partial charge in [-0.15, -0.1) is 0 Å². The van der Waals surface area contributed by atoms with Crippen molar-refractivity contribution < 1.29 is 0 Å². The second-order valence-electron chi connectivity index (χ2n) is 5.66. The van der Waals surface area contributed by atoms with Crippen LogP contribution in [-0.2, 0) is 6.54 Å². The molecule has 0 fully saturated rings. The number of para-hydroxylation sites is 1. The maximum atomic E-state index is 3.56. The molecule has 0 unspecified atom stereocenters. The van der Waals surface area contributed by atoms with Gasteiger partial charge in [0.05, 0.1) is 0 Å². The molecule has 2 N–H and O–H groups in total. The molecule has 0 amide bonds. The summed E-state index contributed by atoms with van der Waals surface area (Å²) < 4.78 is 0. The molecule has 0 aliphatic carbocycles. The fourth-order valence-electron chi connectivity index (χ4n) is 2.71. The molecule has 2 nitrogen and oxygen atoms in total. The highest BCUT2D eigenvalue weighted by Crippen LogP contribution is 2.17. The number of hydrogen-bond acceptors (Lipinski definition) is 1. The van der Waals surface area contributed by atoms with E-state index in [4.69, 9.17) is 0 Å². The number of benzene rings is 1. The van der Waals surface area contributed by atoms with E-state index in [1.165, 1.54) is 61.4 Å². The second kappa shape index (κ2) is 8.80. The zero-order valence-electron chi connectivity index (χ0n) is 12.8. The van der Waals surface area contributed by atoms with Crippen LogP contribution < -0.4 is 5.32 Å². The normalized spacial score (nSPS) is 11.2. The van der Waals surface area contributed by atoms with Gasteiger partial charge in [0.25, 0.3) is 0 Å². The van der Waals surface area contributed by atoms with E-state index in [1.807, 2.05) is 0 Å². The second-order valence-corrected chi connectivity index (χ2v) is 5.66. The predicted molar refractivity (Wildman–Crippen MR) is 88.0 cm³/mol. The molecule has 0 saturated heterocycles. The van der Waals surface area contributed by atoms with Gasteiger partial charge in [0.2, 0.25) is 0 Å². The van der Waals surface area contributed by atoms with Crippen LogP contribution in [0.5, 0.6) is 0 Å². The minimum atomic E-state index is 0.972. The van der Waals surface area contributed by atoms with Gasteiger partial charge in [0, 0.05) is 23.6 Å². The Morgan fingerprint density at radius 2 is 1.70 bits per heavy atom. The Labute approximate surface area is 123 Å². The zero-order valence-corrected chi connectivity index (χ0v) is 12.8. The SMILES string of the molecule is CCCCCCCCCNCc1c[nH]c2ccccc12. The Bertz CT molecular complexity index is 487. The fraction of sp³-hybridized carbons (Fsp3) is 0.556. The third-order valence-electron chi connectivity index (χ3n) is 3.95. The lowest BCUT2D eigenvalue weighted by atomic mass is 10.1. The Hall–Kier alpha value is -1.28. The van der Waals surface area contributed by atoms with E-state index in [1.54, 1.807) is 0 Å². The first-order chi connectivity index (χ1) is 9.92. The van der Waals surface area contributed by atoms with Crippen molar-refractivity contribution in [3.63, 3.8) is 0 Å². The van der Waals surface area contributed by atoms with Crippen molar-refractivity contribution in [2.45, 2.75) is 58.4 Å². The smallest absolute Gasteiger partial charge is 0.0457 e. The van der Waals surface area contributed by atoms with E-state index in [0.29, 0.717) is 0 Å². The molecule has 0 aliphatic rings. The first-order valence-corrected chi connectivity index (χ1v) is 8.17. The van der Waals surface area contributed by atoms with Crippen LogP contribution in [0.4, 0.5) is 0 Å². The van der Waals surface area contributed by atoms with Gasteiger partial charge >= 0.3 is 0 Å². The average Bonchev–Trinajstić information content (AvgIpc) is 2.89. The standard InChI is InChI=1S/C18H28N2/c1-2-3-4-5-6-7-10-13-19-14-16-15-20-18-12-9-8-11-17(16)18/h8-9,11-12,15,19-20H,2-7,10,13-14H2,1H3. The van der Waals surface area contributed by atoms with Gasteiger partial charge in [-0.3, -0.25) is 0 Å². The third kappa shape index (κ3) is 4.68. The average molecular weight is 272 g/mol. The van der Waals surface area contributed by atoms with Gasteiger partial charge in [-0.2, -0.15) is 0 Å². The first-order valence-electron chi connectivity index (χ1n) is 8.17. The molecule has 110 valence electrons. The van der Waals surface area contributed by atoms with Crippen molar-refractivity contribution in [2.24, 2.45) is 0 Å². The molecule has 1 aromatic carbocycles. The van der Waals surface area contributed by atoms with Gasteiger partial charge in [-0.05, 0) is 24.6 Å². The number of hydrogen-bond donors (Lipinski definition) is 2. The van der Waals surface area contributed by atoms with E-state index < -0.39 is 0 Å². The summed E-state index contributed by atoms with van der Waals surface area (Å²) in [7, 11) is 0. The van der Waals surface area contributed by atoms with E-state index >= 15 is 0 Å². The summed E-state index contributed by atoms with van der Waals surface area (Å²) in [6.45, 7) is 4.38. The number of fused-ring (bicyclic) bond motifs is 1. The number of rotatable bonds is 10. The van der Waals surface area contributed by atoms with Crippen LogP contribution >= 0.6 is 0 Å². The molecular formula is C18H28N2. The van der Waals surface area contributed by atoms with E-state index in [9.17, 15) is 0 Å². The van der Waals surface area contributed by atoms with Gasteiger partial charge in [-0.25, -0.2) is 0 Å². The summed E-state index contributed by atoms with van der Waals surface area (Å²) in [4.78, 5) is 3.33. The van der Waals surface area contributed by atoms with Gasteiger partial charge < -0.3 is 10.3 Å². The Balaban J connectivity index is 1.57. The Morgan fingerprint density at radius 1 is 0.950 bits per heavy atom. The molecule has 0 bridgehead atoms. The molecule has 0 radical (unpaired) electrons. The molecule has 0 saturated carbocycles. The number of H-pyrrole nitrogens is 1. The molecule has 2 rings (SSSR count). The van der Waals surface area contributed by atoms with Gasteiger partial charge in [-0.1, -0.05) is 63.6 Å². The lowest BCUT2D eigenvalue weighted by molar-refractivity contribution is 0.563. The fourth-order valence-corrected chi connectivity index (χ4v) is 2.71. The molecule has 2 heteroatoms. The predicted octanol–water partition coefficient (Wildman–Crippen LogP) is 5.01. The van der Waals surface area contributed by atoms with Crippen LogP contribution in [0.2, 0.25) is 0 Å².